The minimum Gasteiger partial charge on any atom is -0.396 e. The largest absolute Gasteiger partial charge is 0.396 e. The molecule has 1 fully saturated rings. The van der Waals surface area contributed by atoms with E-state index >= 15 is 0 Å². The average molecular weight is 262 g/mol. The molecule has 0 saturated carbocycles. The highest BCUT2D eigenvalue weighted by Crippen LogP contribution is 2.28. The van der Waals surface area contributed by atoms with Gasteiger partial charge in [-0.1, -0.05) is 11.6 Å². The van der Waals surface area contributed by atoms with Crippen molar-refractivity contribution in [3.63, 3.8) is 0 Å². The van der Waals surface area contributed by atoms with Crippen molar-refractivity contribution in [2.75, 3.05) is 18.8 Å². The third-order valence-electron chi connectivity index (χ3n) is 2.59. The van der Waals surface area contributed by atoms with E-state index in [2.05, 4.69) is 4.98 Å². The number of hydrogen-bond donors (Lipinski definition) is 1. The third kappa shape index (κ3) is 1.88. The summed E-state index contributed by atoms with van der Waals surface area (Å²) in [5.74, 6) is 0. The first kappa shape index (κ1) is 11.6. The normalized spacial score (nSPS) is 17.8. The summed E-state index contributed by atoms with van der Waals surface area (Å²) in [4.78, 5) is 3.77. The van der Waals surface area contributed by atoms with Crippen LogP contribution in [0.1, 0.15) is 12.8 Å². The fraction of sp³-hybridized carbons (Fsp3) is 0.444. The number of nitrogens with zero attached hydrogens (tertiary/aromatic N) is 2. The second kappa shape index (κ2) is 4.20. The van der Waals surface area contributed by atoms with Crippen LogP contribution in [0.25, 0.3) is 0 Å². The molecule has 0 aliphatic carbocycles. The summed E-state index contributed by atoms with van der Waals surface area (Å²) in [7, 11) is -3.53. The lowest BCUT2D eigenvalue weighted by molar-refractivity contribution is 0.477. The van der Waals surface area contributed by atoms with Gasteiger partial charge in [0.1, 0.15) is 4.90 Å². The van der Waals surface area contributed by atoms with Crippen LogP contribution >= 0.6 is 11.6 Å². The van der Waals surface area contributed by atoms with E-state index in [-0.39, 0.29) is 15.6 Å². The molecule has 0 bridgehead atoms. The molecule has 0 atom stereocenters. The molecular formula is C9H12ClN3O2S. The van der Waals surface area contributed by atoms with E-state index in [0.29, 0.717) is 13.1 Å². The van der Waals surface area contributed by atoms with Crippen molar-refractivity contribution in [1.82, 2.24) is 9.29 Å². The number of sulfonamides is 1. The Hall–Kier alpha value is -0.850. The average Bonchev–Trinajstić information content (AvgIpc) is 2.75. The molecule has 1 saturated heterocycles. The molecule has 0 amide bonds. The van der Waals surface area contributed by atoms with E-state index in [9.17, 15) is 8.42 Å². The summed E-state index contributed by atoms with van der Waals surface area (Å²) in [5, 5.41) is 0.167. The van der Waals surface area contributed by atoms with Gasteiger partial charge in [0.25, 0.3) is 0 Å². The van der Waals surface area contributed by atoms with Gasteiger partial charge in [-0.25, -0.2) is 8.42 Å². The topological polar surface area (TPSA) is 76.3 Å². The molecule has 16 heavy (non-hydrogen) atoms. The molecule has 1 aromatic rings. The minimum absolute atomic E-state index is 0.00176. The zero-order valence-corrected chi connectivity index (χ0v) is 10.1. The van der Waals surface area contributed by atoms with Gasteiger partial charge in [0.15, 0.2) is 0 Å². The van der Waals surface area contributed by atoms with Crippen molar-refractivity contribution in [3.8, 4) is 0 Å². The lowest BCUT2D eigenvalue weighted by atomic mass is 10.4. The van der Waals surface area contributed by atoms with E-state index in [1.54, 1.807) is 0 Å². The van der Waals surface area contributed by atoms with Crippen molar-refractivity contribution in [3.05, 3.63) is 17.4 Å². The number of halogens is 1. The van der Waals surface area contributed by atoms with Gasteiger partial charge in [0.05, 0.1) is 10.7 Å². The SMILES string of the molecule is Nc1c(Cl)cncc1S(=O)(=O)N1CCCC1. The van der Waals surface area contributed by atoms with E-state index in [1.807, 2.05) is 0 Å². The Kier molecular flexibility index (Phi) is 3.05. The third-order valence-corrected chi connectivity index (χ3v) is 4.81. The fourth-order valence-electron chi connectivity index (χ4n) is 1.70. The van der Waals surface area contributed by atoms with Gasteiger partial charge >= 0.3 is 0 Å². The molecule has 88 valence electrons. The Balaban J connectivity index is 2.47. The van der Waals surface area contributed by atoms with Crippen molar-refractivity contribution in [1.29, 1.82) is 0 Å². The number of rotatable bonds is 2. The quantitative estimate of drug-likeness (QED) is 0.865. The van der Waals surface area contributed by atoms with E-state index in [0.717, 1.165) is 12.8 Å². The van der Waals surface area contributed by atoms with Gasteiger partial charge in [-0.05, 0) is 12.8 Å². The summed E-state index contributed by atoms with van der Waals surface area (Å²) < 4.78 is 25.7. The van der Waals surface area contributed by atoms with Crippen LogP contribution in [0.5, 0.6) is 0 Å². The van der Waals surface area contributed by atoms with Crippen LogP contribution in [0, 0.1) is 0 Å². The molecule has 7 heteroatoms. The number of hydrogen-bond acceptors (Lipinski definition) is 4. The van der Waals surface area contributed by atoms with E-state index < -0.39 is 10.0 Å². The summed E-state index contributed by atoms with van der Waals surface area (Å²) in [6.07, 6.45) is 4.34. The van der Waals surface area contributed by atoms with Crippen molar-refractivity contribution in [2.45, 2.75) is 17.7 Å². The molecule has 1 aliphatic rings. The lowest BCUT2D eigenvalue weighted by Crippen LogP contribution is -2.28. The Morgan fingerprint density at radius 3 is 2.56 bits per heavy atom. The number of pyridine rings is 1. The van der Waals surface area contributed by atoms with Crippen molar-refractivity contribution < 1.29 is 8.42 Å². The maximum atomic E-state index is 12.2. The van der Waals surface area contributed by atoms with Crippen LogP contribution in [0.4, 0.5) is 5.69 Å². The second-order valence-electron chi connectivity index (χ2n) is 3.64. The monoisotopic (exact) mass is 261 g/mol. The van der Waals surface area contributed by atoms with Crippen LogP contribution in [0.2, 0.25) is 5.02 Å². The highest BCUT2D eigenvalue weighted by atomic mass is 35.5. The van der Waals surface area contributed by atoms with Gasteiger partial charge in [0.2, 0.25) is 10.0 Å². The maximum Gasteiger partial charge on any atom is 0.246 e. The number of nitrogen functional groups attached to an aromatic ring is 1. The highest BCUT2D eigenvalue weighted by molar-refractivity contribution is 7.89. The van der Waals surface area contributed by atoms with Gasteiger partial charge < -0.3 is 5.73 Å². The van der Waals surface area contributed by atoms with Gasteiger partial charge in [-0.2, -0.15) is 4.31 Å². The molecule has 0 radical (unpaired) electrons. The Bertz CT molecular complexity index is 497. The van der Waals surface area contributed by atoms with Gasteiger partial charge in [-0.3, -0.25) is 4.98 Å². The minimum atomic E-state index is -3.53. The lowest BCUT2D eigenvalue weighted by Gasteiger charge is -2.16. The fourth-order valence-corrected chi connectivity index (χ4v) is 3.51. The van der Waals surface area contributed by atoms with Crippen molar-refractivity contribution >= 4 is 27.3 Å². The summed E-state index contributed by atoms with van der Waals surface area (Å²) in [6, 6.07) is 0. The predicted octanol–water partition coefficient (Wildman–Crippen LogP) is 1.10. The van der Waals surface area contributed by atoms with Gasteiger partial charge in [0, 0.05) is 25.5 Å². The number of anilines is 1. The van der Waals surface area contributed by atoms with Crippen LogP contribution < -0.4 is 5.73 Å². The van der Waals surface area contributed by atoms with Crippen LogP contribution in [-0.2, 0) is 10.0 Å². The molecule has 0 unspecified atom stereocenters. The zero-order valence-electron chi connectivity index (χ0n) is 8.56. The van der Waals surface area contributed by atoms with Crippen LogP contribution in [0.3, 0.4) is 0 Å². The second-order valence-corrected chi connectivity index (χ2v) is 5.96. The first-order valence-corrected chi connectivity index (χ1v) is 6.74. The standard InChI is InChI=1S/C9H12ClN3O2S/c10-7-5-12-6-8(9(7)11)16(14,15)13-3-1-2-4-13/h5-6H,1-4H2,(H2,11,12). The van der Waals surface area contributed by atoms with Crippen LogP contribution in [0.15, 0.2) is 17.3 Å². The summed E-state index contributed by atoms with van der Waals surface area (Å²) in [6.45, 7) is 1.07. The van der Waals surface area contributed by atoms with Gasteiger partial charge in [-0.15, -0.1) is 0 Å². The van der Waals surface area contributed by atoms with E-state index in [4.69, 9.17) is 17.3 Å². The first-order valence-electron chi connectivity index (χ1n) is 4.92. The first-order chi connectivity index (χ1) is 7.53. The highest BCUT2D eigenvalue weighted by Gasteiger charge is 2.29. The molecule has 2 rings (SSSR count). The molecule has 0 spiro atoms. The molecule has 1 aliphatic heterocycles. The molecule has 2 heterocycles. The smallest absolute Gasteiger partial charge is 0.246 e. The summed E-state index contributed by atoms with van der Waals surface area (Å²) >= 11 is 5.76. The van der Waals surface area contributed by atoms with Crippen LogP contribution in [-0.4, -0.2) is 30.8 Å². The number of aromatic nitrogens is 1. The van der Waals surface area contributed by atoms with Crippen molar-refractivity contribution in [2.24, 2.45) is 0 Å². The molecule has 2 N–H and O–H groups in total. The Morgan fingerprint density at radius 2 is 1.94 bits per heavy atom. The maximum absolute atomic E-state index is 12.2. The molecule has 1 aromatic heterocycles. The Morgan fingerprint density at radius 1 is 1.31 bits per heavy atom. The van der Waals surface area contributed by atoms with E-state index in [1.165, 1.54) is 16.7 Å². The summed E-state index contributed by atoms with van der Waals surface area (Å²) in [5.41, 5.74) is 5.73. The number of nitrogens with two attached hydrogens (primary N) is 1. The molecule has 5 nitrogen and oxygen atoms in total. The molecule has 0 aromatic carbocycles. The predicted molar refractivity (Wildman–Crippen MR) is 61.7 cm³/mol. The molecular weight excluding hydrogens is 250 g/mol. The zero-order chi connectivity index (χ0) is 11.8. The Labute approximate surface area is 99.3 Å².